The first kappa shape index (κ1) is 21.3. The van der Waals surface area contributed by atoms with Crippen molar-refractivity contribution in [1.82, 2.24) is 15.0 Å². The lowest BCUT2D eigenvalue weighted by molar-refractivity contribution is -0.139. The van der Waals surface area contributed by atoms with Gasteiger partial charge in [-0.2, -0.15) is 13.2 Å². The first-order chi connectivity index (χ1) is 15.3. The minimum atomic E-state index is -4.63. The van der Waals surface area contributed by atoms with Gasteiger partial charge in [-0.3, -0.25) is 15.0 Å². The van der Waals surface area contributed by atoms with E-state index in [1.165, 1.54) is 11.3 Å². The van der Waals surface area contributed by atoms with Crippen LogP contribution < -0.4 is 15.7 Å². The fourth-order valence-electron chi connectivity index (χ4n) is 3.33. The van der Waals surface area contributed by atoms with Crippen molar-refractivity contribution in [3.63, 3.8) is 0 Å². The molecule has 0 spiro atoms. The van der Waals surface area contributed by atoms with Crippen molar-refractivity contribution in [3.05, 3.63) is 94.3 Å². The van der Waals surface area contributed by atoms with Crippen LogP contribution in [0.2, 0.25) is 0 Å². The number of hydrogen-bond acceptors (Lipinski definition) is 5. The van der Waals surface area contributed by atoms with Crippen LogP contribution in [0.5, 0.6) is 5.75 Å². The zero-order chi connectivity index (χ0) is 22.9. The minimum absolute atomic E-state index is 0.450. The topological polar surface area (TPSA) is 76.7 Å². The number of furan rings is 1. The molecule has 7 nitrogen and oxygen atoms in total. The van der Waals surface area contributed by atoms with E-state index in [0.717, 1.165) is 16.2 Å². The van der Waals surface area contributed by atoms with Crippen LogP contribution in [0.3, 0.4) is 0 Å². The molecular formula is C22H18F3N3O4. The Hall–Kier alpha value is -3.95. The molecule has 1 N–H and O–H groups in total. The highest BCUT2D eigenvalue weighted by molar-refractivity contribution is 5.80. The number of hydrazine groups is 1. The molecule has 0 aliphatic carbocycles. The smallest absolute Gasteiger partial charge is 0.417 e. The number of rotatable bonds is 5. The van der Waals surface area contributed by atoms with Crippen molar-refractivity contribution in [2.75, 3.05) is 7.11 Å². The predicted octanol–water partition coefficient (Wildman–Crippen LogP) is 3.60. The fourth-order valence-corrected chi connectivity index (χ4v) is 3.33. The monoisotopic (exact) mass is 445 g/mol. The summed E-state index contributed by atoms with van der Waals surface area (Å²) in [6.45, 7) is -0.587. The Morgan fingerprint density at radius 3 is 2.53 bits per heavy atom. The zero-order valence-electron chi connectivity index (χ0n) is 16.8. The van der Waals surface area contributed by atoms with E-state index >= 15 is 0 Å². The number of methoxy groups -OCH3 is 1. The number of nitrogens with zero attached hydrogens (tertiary/aromatic N) is 2. The van der Waals surface area contributed by atoms with E-state index in [0.29, 0.717) is 29.5 Å². The molecular weight excluding hydrogens is 427 g/mol. The van der Waals surface area contributed by atoms with Crippen LogP contribution in [0.1, 0.15) is 22.9 Å². The lowest BCUT2D eigenvalue weighted by Crippen LogP contribution is -2.42. The minimum Gasteiger partial charge on any atom is -0.497 e. The molecule has 0 saturated heterocycles. The van der Waals surface area contributed by atoms with Crippen molar-refractivity contribution < 1.29 is 27.1 Å². The third kappa shape index (κ3) is 4.25. The van der Waals surface area contributed by atoms with Gasteiger partial charge in [-0.15, -0.1) is 0 Å². The summed E-state index contributed by atoms with van der Waals surface area (Å²) in [5.41, 5.74) is 2.59. The SMILES string of the molecule is COc1ccc(C2=C[C@H](c3ccco3)N(C(=O)Cn3cc(C(F)(F)F)ccc3=O)N2)cc1. The largest absolute Gasteiger partial charge is 0.497 e. The van der Waals surface area contributed by atoms with Crippen molar-refractivity contribution in [2.24, 2.45) is 0 Å². The molecule has 0 unspecified atom stereocenters. The van der Waals surface area contributed by atoms with Crippen LogP contribution in [-0.2, 0) is 17.5 Å². The Morgan fingerprint density at radius 2 is 1.91 bits per heavy atom. The number of alkyl halides is 3. The maximum atomic E-state index is 13.0. The molecule has 166 valence electrons. The highest BCUT2D eigenvalue weighted by Crippen LogP contribution is 2.32. The van der Waals surface area contributed by atoms with Gasteiger partial charge in [0.05, 0.1) is 24.6 Å². The van der Waals surface area contributed by atoms with Gasteiger partial charge in [0, 0.05) is 12.3 Å². The molecule has 0 fully saturated rings. The number of amides is 1. The van der Waals surface area contributed by atoms with Crippen molar-refractivity contribution in [1.29, 1.82) is 0 Å². The average Bonchev–Trinajstić information content (AvgIpc) is 3.44. The molecule has 1 aromatic carbocycles. The fraction of sp³-hybridized carbons (Fsp3) is 0.182. The molecule has 3 aromatic rings. The van der Waals surface area contributed by atoms with Gasteiger partial charge in [0.1, 0.15) is 24.1 Å². The molecule has 3 heterocycles. The van der Waals surface area contributed by atoms with Crippen LogP contribution in [0.25, 0.3) is 5.70 Å². The van der Waals surface area contributed by atoms with E-state index < -0.39 is 35.8 Å². The summed E-state index contributed by atoms with van der Waals surface area (Å²) < 4.78 is 50.4. The summed E-state index contributed by atoms with van der Waals surface area (Å²) in [6, 6.07) is 11.3. The van der Waals surface area contributed by atoms with E-state index in [1.54, 1.807) is 49.6 Å². The Morgan fingerprint density at radius 1 is 1.16 bits per heavy atom. The molecule has 2 aromatic heterocycles. The van der Waals surface area contributed by atoms with Gasteiger partial charge in [0.15, 0.2) is 0 Å². The summed E-state index contributed by atoms with van der Waals surface area (Å²) in [5, 5.41) is 1.23. The summed E-state index contributed by atoms with van der Waals surface area (Å²) in [5.74, 6) is 0.491. The molecule has 0 saturated carbocycles. The van der Waals surface area contributed by atoms with E-state index in [4.69, 9.17) is 9.15 Å². The zero-order valence-corrected chi connectivity index (χ0v) is 16.8. The van der Waals surface area contributed by atoms with E-state index in [9.17, 15) is 22.8 Å². The Balaban J connectivity index is 1.62. The van der Waals surface area contributed by atoms with Crippen molar-refractivity contribution in [3.8, 4) is 5.75 Å². The third-order valence-electron chi connectivity index (χ3n) is 4.96. The number of carbonyl (C=O) groups excluding carboxylic acids is 1. The Bertz CT molecular complexity index is 1200. The summed E-state index contributed by atoms with van der Waals surface area (Å²) in [6.07, 6.45) is -0.790. The Labute approximate surface area is 180 Å². The van der Waals surface area contributed by atoms with Gasteiger partial charge in [-0.25, -0.2) is 5.01 Å². The molecule has 1 atom stereocenters. The second-order valence-electron chi connectivity index (χ2n) is 7.03. The number of halogens is 3. The van der Waals surface area contributed by atoms with E-state index in [-0.39, 0.29) is 0 Å². The maximum Gasteiger partial charge on any atom is 0.417 e. The van der Waals surface area contributed by atoms with Gasteiger partial charge >= 0.3 is 6.18 Å². The number of aromatic nitrogens is 1. The van der Waals surface area contributed by atoms with Gasteiger partial charge < -0.3 is 13.7 Å². The second-order valence-corrected chi connectivity index (χ2v) is 7.03. The average molecular weight is 445 g/mol. The molecule has 1 aliphatic rings. The lowest BCUT2D eigenvalue weighted by Gasteiger charge is -2.24. The Kier molecular flexibility index (Phi) is 5.52. The van der Waals surface area contributed by atoms with Crippen LogP contribution >= 0.6 is 0 Å². The standard InChI is InChI=1S/C22H18F3N3O4/c1-31-16-7-4-14(5-8-16)17-11-18(19-3-2-10-32-19)28(26-17)21(30)13-27-12-15(22(23,24)25)6-9-20(27)29/h2-12,18,26H,13H2,1H3/t18-/m1/s1. The quantitative estimate of drug-likeness (QED) is 0.650. The summed E-state index contributed by atoms with van der Waals surface area (Å²) in [7, 11) is 1.55. The third-order valence-corrected chi connectivity index (χ3v) is 4.96. The van der Waals surface area contributed by atoms with Crippen LogP contribution in [-0.4, -0.2) is 22.6 Å². The highest BCUT2D eigenvalue weighted by Gasteiger charge is 2.34. The van der Waals surface area contributed by atoms with Crippen LogP contribution in [0.15, 0.2) is 76.3 Å². The molecule has 10 heteroatoms. The van der Waals surface area contributed by atoms with Gasteiger partial charge in [0.25, 0.3) is 11.5 Å². The van der Waals surface area contributed by atoms with Gasteiger partial charge in [-0.05, 0) is 54.1 Å². The van der Waals surface area contributed by atoms with Gasteiger partial charge in [-0.1, -0.05) is 0 Å². The van der Waals surface area contributed by atoms with Crippen LogP contribution in [0.4, 0.5) is 13.2 Å². The number of benzene rings is 1. The number of ether oxygens (including phenoxy) is 1. The highest BCUT2D eigenvalue weighted by atomic mass is 19.4. The molecule has 32 heavy (non-hydrogen) atoms. The first-order valence-corrected chi connectivity index (χ1v) is 9.52. The molecule has 4 rings (SSSR count). The van der Waals surface area contributed by atoms with Crippen molar-refractivity contribution in [2.45, 2.75) is 18.8 Å². The van der Waals surface area contributed by atoms with Crippen molar-refractivity contribution >= 4 is 11.6 Å². The van der Waals surface area contributed by atoms with E-state index in [2.05, 4.69) is 5.43 Å². The summed E-state index contributed by atoms with van der Waals surface area (Å²) in [4.78, 5) is 25.1. The number of nitrogens with one attached hydrogen (secondary N) is 1. The molecule has 0 bridgehead atoms. The molecule has 0 radical (unpaired) electrons. The number of hydrogen-bond donors (Lipinski definition) is 1. The lowest BCUT2D eigenvalue weighted by atomic mass is 10.1. The normalized spacial score (nSPS) is 15.9. The van der Waals surface area contributed by atoms with E-state index in [1.807, 2.05) is 0 Å². The number of carbonyl (C=O) groups is 1. The van der Waals surface area contributed by atoms with Gasteiger partial charge in [0.2, 0.25) is 0 Å². The molecule has 1 amide bonds. The second kappa shape index (κ2) is 8.29. The number of pyridine rings is 1. The first-order valence-electron chi connectivity index (χ1n) is 9.52. The molecule has 1 aliphatic heterocycles. The maximum absolute atomic E-state index is 13.0. The summed E-state index contributed by atoms with van der Waals surface area (Å²) >= 11 is 0. The predicted molar refractivity (Wildman–Crippen MR) is 108 cm³/mol. The van der Waals surface area contributed by atoms with Crippen LogP contribution in [0, 0.1) is 0 Å².